The first-order valence-electron chi connectivity index (χ1n) is 5.21. The number of pyridine rings is 1. The Hall–Kier alpha value is -1.33. The Labute approximate surface area is 98.9 Å². The monoisotopic (exact) mass is 234 g/mol. The van der Waals surface area contributed by atoms with Crippen LogP contribution < -0.4 is 5.32 Å². The lowest BCUT2D eigenvalue weighted by Crippen LogP contribution is -2.11. The normalized spacial score (nSPS) is 10.6. The predicted octanol–water partition coefficient (Wildman–Crippen LogP) is 2.07. The molecule has 0 fully saturated rings. The molecule has 0 aliphatic rings. The van der Waals surface area contributed by atoms with Crippen molar-refractivity contribution in [3.05, 3.63) is 36.3 Å². The van der Waals surface area contributed by atoms with Gasteiger partial charge >= 0.3 is 0 Å². The van der Waals surface area contributed by atoms with Gasteiger partial charge in [-0.1, -0.05) is 13.0 Å². The molecular formula is C11H14N4S. The molecule has 0 spiro atoms. The zero-order chi connectivity index (χ0) is 11.2. The van der Waals surface area contributed by atoms with Crippen LogP contribution in [0.25, 0.3) is 0 Å². The summed E-state index contributed by atoms with van der Waals surface area (Å²) in [7, 11) is 0. The standard InChI is InChI=1S/C11H14N4S/c1-2-12-7-9-3-4-10(15-8-9)16-11-13-5-6-14-11/h3-6,8,12H,2,7H2,1H3,(H,13,14). The van der Waals surface area contributed by atoms with Crippen molar-refractivity contribution in [1.29, 1.82) is 0 Å². The smallest absolute Gasteiger partial charge is 0.171 e. The Bertz CT molecular complexity index is 410. The molecule has 0 aliphatic heterocycles. The highest BCUT2D eigenvalue weighted by Gasteiger charge is 2.00. The van der Waals surface area contributed by atoms with Crippen molar-refractivity contribution in [2.24, 2.45) is 0 Å². The second-order valence-corrected chi connectivity index (χ2v) is 4.29. The number of rotatable bonds is 5. The van der Waals surface area contributed by atoms with E-state index in [0.717, 1.165) is 23.3 Å². The molecule has 0 saturated carbocycles. The van der Waals surface area contributed by atoms with Crippen LogP contribution in [0, 0.1) is 0 Å². The van der Waals surface area contributed by atoms with Crippen molar-refractivity contribution in [1.82, 2.24) is 20.3 Å². The topological polar surface area (TPSA) is 53.6 Å². The first-order chi connectivity index (χ1) is 7.88. The van der Waals surface area contributed by atoms with Crippen LogP contribution in [0.15, 0.2) is 40.9 Å². The summed E-state index contributed by atoms with van der Waals surface area (Å²) in [6.45, 7) is 3.94. The fraction of sp³-hybridized carbons (Fsp3) is 0.273. The van der Waals surface area contributed by atoms with Crippen LogP contribution in [0.3, 0.4) is 0 Å². The number of hydrogen-bond acceptors (Lipinski definition) is 4. The van der Waals surface area contributed by atoms with E-state index in [9.17, 15) is 0 Å². The van der Waals surface area contributed by atoms with Gasteiger partial charge in [-0.2, -0.15) is 0 Å². The van der Waals surface area contributed by atoms with Gasteiger partial charge in [0.2, 0.25) is 0 Å². The number of H-pyrrole nitrogens is 1. The molecule has 4 nitrogen and oxygen atoms in total. The molecular weight excluding hydrogens is 220 g/mol. The second-order valence-electron chi connectivity index (χ2n) is 3.28. The summed E-state index contributed by atoms with van der Waals surface area (Å²) in [6.07, 6.45) is 5.44. The number of nitrogens with zero attached hydrogens (tertiary/aromatic N) is 2. The van der Waals surface area contributed by atoms with Gasteiger partial charge in [0.1, 0.15) is 5.03 Å². The fourth-order valence-electron chi connectivity index (χ4n) is 1.25. The zero-order valence-corrected chi connectivity index (χ0v) is 9.92. The highest BCUT2D eigenvalue weighted by molar-refractivity contribution is 7.99. The summed E-state index contributed by atoms with van der Waals surface area (Å²) in [6, 6.07) is 4.10. The van der Waals surface area contributed by atoms with Crippen molar-refractivity contribution >= 4 is 11.8 Å². The fourth-order valence-corrected chi connectivity index (χ4v) is 1.93. The molecule has 2 N–H and O–H groups in total. The van der Waals surface area contributed by atoms with Crippen LogP contribution in [0.2, 0.25) is 0 Å². The van der Waals surface area contributed by atoms with E-state index in [-0.39, 0.29) is 0 Å². The molecule has 0 bridgehead atoms. The van der Waals surface area contributed by atoms with Gasteiger partial charge in [-0.25, -0.2) is 9.97 Å². The first-order valence-corrected chi connectivity index (χ1v) is 6.03. The second kappa shape index (κ2) is 5.67. The van der Waals surface area contributed by atoms with Crippen molar-refractivity contribution in [2.45, 2.75) is 23.7 Å². The van der Waals surface area contributed by atoms with Crippen LogP contribution in [0.5, 0.6) is 0 Å². The largest absolute Gasteiger partial charge is 0.339 e. The number of aromatic amines is 1. The van der Waals surface area contributed by atoms with Crippen LogP contribution >= 0.6 is 11.8 Å². The Morgan fingerprint density at radius 2 is 2.31 bits per heavy atom. The molecule has 2 rings (SSSR count). The van der Waals surface area contributed by atoms with Crippen LogP contribution in [-0.4, -0.2) is 21.5 Å². The molecule has 5 heteroatoms. The van der Waals surface area contributed by atoms with Gasteiger partial charge in [0.15, 0.2) is 5.16 Å². The van der Waals surface area contributed by atoms with E-state index in [1.165, 1.54) is 17.3 Å². The highest BCUT2D eigenvalue weighted by atomic mass is 32.2. The SMILES string of the molecule is CCNCc1ccc(Sc2ncc[nH]2)nc1. The zero-order valence-electron chi connectivity index (χ0n) is 9.10. The van der Waals surface area contributed by atoms with E-state index >= 15 is 0 Å². The third-order valence-electron chi connectivity index (χ3n) is 2.05. The van der Waals surface area contributed by atoms with Crippen molar-refractivity contribution in [3.8, 4) is 0 Å². The molecule has 2 aromatic rings. The molecule has 2 aromatic heterocycles. The van der Waals surface area contributed by atoms with Gasteiger partial charge < -0.3 is 10.3 Å². The molecule has 2 heterocycles. The van der Waals surface area contributed by atoms with E-state index < -0.39 is 0 Å². The molecule has 0 amide bonds. The lowest BCUT2D eigenvalue weighted by atomic mass is 10.3. The Kier molecular flexibility index (Phi) is 3.96. The predicted molar refractivity (Wildman–Crippen MR) is 64.3 cm³/mol. The van der Waals surface area contributed by atoms with Crippen molar-refractivity contribution in [2.75, 3.05) is 6.54 Å². The van der Waals surface area contributed by atoms with Crippen molar-refractivity contribution in [3.63, 3.8) is 0 Å². The first kappa shape index (κ1) is 11.2. The number of nitrogens with one attached hydrogen (secondary N) is 2. The van der Waals surface area contributed by atoms with Gasteiger partial charge in [-0.05, 0) is 29.9 Å². The molecule has 0 atom stereocenters. The summed E-state index contributed by atoms with van der Waals surface area (Å²) in [5.74, 6) is 0. The van der Waals surface area contributed by atoms with Crippen LogP contribution in [0.1, 0.15) is 12.5 Å². The van der Waals surface area contributed by atoms with Gasteiger partial charge in [0, 0.05) is 25.1 Å². The minimum absolute atomic E-state index is 0.868. The Morgan fingerprint density at radius 1 is 1.38 bits per heavy atom. The summed E-state index contributed by atoms with van der Waals surface area (Å²) in [5.41, 5.74) is 1.20. The van der Waals surface area contributed by atoms with Crippen LogP contribution in [0.4, 0.5) is 0 Å². The van der Waals surface area contributed by atoms with E-state index in [2.05, 4.69) is 33.3 Å². The molecule has 0 saturated heterocycles. The Morgan fingerprint density at radius 3 is 2.94 bits per heavy atom. The molecule has 0 radical (unpaired) electrons. The molecule has 0 aliphatic carbocycles. The van der Waals surface area contributed by atoms with Crippen molar-refractivity contribution < 1.29 is 0 Å². The third-order valence-corrected chi connectivity index (χ3v) is 2.92. The summed E-state index contributed by atoms with van der Waals surface area (Å²) in [5, 5.41) is 5.09. The minimum Gasteiger partial charge on any atom is -0.339 e. The molecule has 16 heavy (non-hydrogen) atoms. The number of hydrogen-bond donors (Lipinski definition) is 2. The lowest BCUT2D eigenvalue weighted by molar-refractivity contribution is 0.723. The Balaban J connectivity index is 1.96. The molecule has 84 valence electrons. The number of imidazole rings is 1. The minimum atomic E-state index is 0.868. The average Bonchev–Trinajstić information content (AvgIpc) is 2.81. The van der Waals surface area contributed by atoms with Gasteiger partial charge in [0.25, 0.3) is 0 Å². The molecule has 0 aromatic carbocycles. The maximum atomic E-state index is 4.37. The summed E-state index contributed by atoms with van der Waals surface area (Å²) in [4.78, 5) is 11.5. The maximum absolute atomic E-state index is 4.37. The van der Waals surface area contributed by atoms with Crippen LogP contribution in [-0.2, 0) is 6.54 Å². The number of aromatic nitrogens is 3. The average molecular weight is 234 g/mol. The molecule has 0 unspecified atom stereocenters. The highest BCUT2D eigenvalue weighted by Crippen LogP contribution is 2.21. The quantitative estimate of drug-likeness (QED) is 0.831. The van der Waals surface area contributed by atoms with E-state index in [4.69, 9.17) is 0 Å². The van der Waals surface area contributed by atoms with Gasteiger partial charge in [-0.3, -0.25) is 0 Å². The summed E-state index contributed by atoms with van der Waals surface area (Å²) >= 11 is 1.53. The van der Waals surface area contributed by atoms with E-state index in [1.54, 1.807) is 6.20 Å². The summed E-state index contributed by atoms with van der Waals surface area (Å²) < 4.78 is 0. The van der Waals surface area contributed by atoms with Gasteiger partial charge in [-0.15, -0.1) is 0 Å². The maximum Gasteiger partial charge on any atom is 0.171 e. The van der Waals surface area contributed by atoms with E-state index in [0.29, 0.717) is 0 Å². The van der Waals surface area contributed by atoms with Gasteiger partial charge in [0.05, 0.1) is 0 Å². The van der Waals surface area contributed by atoms with E-state index in [1.807, 2.05) is 18.5 Å². The lowest BCUT2D eigenvalue weighted by Gasteiger charge is -2.02. The third kappa shape index (κ3) is 3.08.